The molecule has 0 saturated heterocycles. The van der Waals surface area contributed by atoms with Gasteiger partial charge in [0.15, 0.2) is 0 Å². The lowest BCUT2D eigenvalue weighted by Gasteiger charge is -2.25. The van der Waals surface area contributed by atoms with Gasteiger partial charge in [0.1, 0.15) is 0 Å². The maximum absolute atomic E-state index is 11.4. The second-order valence-electron chi connectivity index (χ2n) is 4.93. The number of carboxylic acids is 1. The number of benzene rings is 1. The Morgan fingerprint density at radius 1 is 1.47 bits per heavy atom. The average Bonchev–Trinajstić information content (AvgIpc) is 2.32. The van der Waals surface area contributed by atoms with Gasteiger partial charge in [-0.25, -0.2) is 4.79 Å². The van der Waals surface area contributed by atoms with E-state index in [1.807, 2.05) is 25.1 Å². The van der Waals surface area contributed by atoms with Crippen LogP contribution in [0, 0.1) is 5.92 Å². The Morgan fingerprint density at radius 3 is 2.84 bits per heavy atom. The van der Waals surface area contributed by atoms with E-state index in [4.69, 9.17) is 0 Å². The van der Waals surface area contributed by atoms with Gasteiger partial charge in [-0.2, -0.15) is 0 Å². The molecule has 1 aliphatic rings. The van der Waals surface area contributed by atoms with Crippen LogP contribution in [0.3, 0.4) is 0 Å². The van der Waals surface area contributed by atoms with Crippen LogP contribution in [0.2, 0.25) is 0 Å². The molecule has 0 amide bonds. The van der Waals surface area contributed by atoms with Crippen LogP contribution in [0.1, 0.15) is 43.0 Å². The second-order valence-corrected chi connectivity index (χ2v) is 6.24. The standard InChI is InChI=1S/C15H21NO2S/c1-2-19-13-8-4-7-12(14(13)15(17)18)16-10-9-11-5-3-6-11/h4,7-8,11,16H,2-3,5-6,9-10H2,1H3,(H,17,18). The monoisotopic (exact) mass is 279 g/mol. The number of hydrogen-bond acceptors (Lipinski definition) is 3. The van der Waals surface area contributed by atoms with Crippen LogP contribution in [0.25, 0.3) is 0 Å². The lowest BCUT2D eigenvalue weighted by atomic mass is 9.83. The summed E-state index contributed by atoms with van der Waals surface area (Å²) in [7, 11) is 0. The molecule has 2 rings (SSSR count). The molecule has 0 spiro atoms. The Kier molecular flexibility index (Phi) is 5.14. The van der Waals surface area contributed by atoms with Crippen LogP contribution >= 0.6 is 11.8 Å². The number of hydrogen-bond donors (Lipinski definition) is 2. The molecule has 104 valence electrons. The summed E-state index contributed by atoms with van der Waals surface area (Å²) in [5.74, 6) is 0.878. The zero-order valence-corrected chi connectivity index (χ0v) is 12.1. The quantitative estimate of drug-likeness (QED) is 0.738. The first kappa shape index (κ1) is 14.3. The van der Waals surface area contributed by atoms with Gasteiger partial charge < -0.3 is 10.4 Å². The number of thioether (sulfide) groups is 1. The first-order valence-corrected chi connectivity index (χ1v) is 7.94. The minimum absolute atomic E-state index is 0.419. The number of carboxylic acid groups (broad SMARTS) is 1. The molecule has 0 bridgehead atoms. The van der Waals surface area contributed by atoms with Gasteiger partial charge >= 0.3 is 5.97 Å². The van der Waals surface area contributed by atoms with Gasteiger partial charge in [0, 0.05) is 17.1 Å². The van der Waals surface area contributed by atoms with Crippen molar-refractivity contribution in [2.24, 2.45) is 5.92 Å². The van der Waals surface area contributed by atoms with Crippen molar-refractivity contribution in [3.63, 3.8) is 0 Å². The lowest BCUT2D eigenvalue weighted by molar-refractivity contribution is 0.0694. The molecule has 19 heavy (non-hydrogen) atoms. The molecule has 0 atom stereocenters. The largest absolute Gasteiger partial charge is 0.478 e. The normalized spacial score (nSPS) is 15.0. The van der Waals surface area contributed by atoms with Gasteiger partial charge in [-0.1, -0.05) is 32.3 Å². The molecule has 0 aromatic heterocycles. The minimum atomic E-state index is -0.845. The fourth-order valence-electron chi connectivity index (χ4n) is 2.37. The highest BCUT2D eigenvalue weighted by Crippen LogP contribution is 2.31. The molecular weight excluding hydrogens is 258 g/mol. The molecule has 4 heteroatoms. The summed E-state index contributed by atoms with van der Waals surface area (Å²) in [6.45, 7) is 2.90. The van der Waals surface area contributed by atoms with Crippen LogP contribution in [0.15, 0.2) is 23.1 Å². The predicted molar refractivity (Wildman–Crippen MR) is 80.2 cm³/mol. The van der Waals surface area contributed by atoms with Crippen molar-refractivity contribution in [1.29, 1.82) is 0 Å². The van der Waals surface area contributed by atoms with Crippen LogP contribution < -0.4 is 5.32 Å². The summed E-state index contributed by atoms with van der Waals surface area (Å²) in [6, 6.07) is 5.68. The Bertz CT molecular complexity index is 444. The number of carbonyl (C=O) groups is 1. The molecule has 0 unspecified atom stereocenters. The first-order chi connectivity index (χ1) is 9.22. The molecule has 1 aromatic rings. The second kappa shape index (κ2) is 6.85. The van der Waals surface area contributed by atoms with Crippen molar-refractivity contribution in [3.05, 3.63) is 23.8 Å². The maximum Gasteiger partial charge on any atom is 0.338 e. The van der Waals surface area contributed by atoms with Crippen molar-refractivity contribution in [2.45, 2.75) is 37.5 Å². The van der Waals surface area contributed by atoms with E-state index in [1.165, 1.54) is 19.3 Å². The van der Waals surface area contributed by atoms with Gasteiger partial charge in [0.2, 0.25) is 0 Å². The topological polar surface area (TPSA) is 49.3 Å². The highest BCUT2D eigenvalue weighted by molar-refractivity contribution is 7.99. The average molecular weight is 279 g/mol. The van der Waals surface area contributed by atoms with E-state index in [1.54, 1.807) is 11.8 Å². The van der Waals surface area contributed by atoms with E-state index in [2.05, 4.69) is 5.32 Å². The van der Waals surface area contributed by atoms with E-state index in [0.717, 1.165) is 35.2 Å². The Morgan fingerprint density at radius 2 is 2.26 bits per heavy atom. The highest BCUT2D eigenvalue weighted by atomic mass is 32.2. The third-order valence-electron chi connectivity index (χ3n) is 3.63. The number of rotatable bonds is 7. The molecule has 1 fully saturated rings. The summed E-state index contributed by atoms with van der Waals surface area (Å²) in [4.78, 5) is 12.3. The van der Waals surface area contributed by atoms with Gasteiger partial charge in [-0.15, -0.1) is 11.8 Å². The van der Waals surface area contributed by atoms with Gasteiger partial charge in [0.25, 0.3) is 0 Å². The summed E-state index contributed by atoms with van der Waals surface area (Å²) >= 11 is 1.58. The zero-order chi connectivity index (χ0) is 13.7. The smallest absolute Gasteiger partial charge is 0.338 e. The zero-order valence-electron chi connectivity index (χ0n) is 11.3. The fraction of sp³-hybridized carbons (Fsp3) is 0.533. The van der Waals surface area contributed by atoms with Gasteiger partial charge in [-0.3, -0.25) is 0 Å². The maximum atomic E-state index is 11.4. The van der Waals surface area contributed by atoms with Crippen molar-refractivity contribution >= 4 is 23.4 Å². The van der Waals surface area contributed by atoms with Crippen molar-refractivity contribution in [2.75, 3.05) is 17.6 Å². The van der Waals surface area contributed by atoms with Crippen LogP contribution in [-0.2, 0) is 0 Å². The van der Waals surface area contributed by atoms with Crippen LogP contribution in [-0.4, -0.2) is 23.4 Å². The molecule has 0 radical (unpaired) electrons. The van der Waals surface area contributed by atoms with E-state index >= 15 is 0 Å². The Labute approximate surface area is 118 Å². The summed E-state index contributed by atoms with van der Waals surface area (Å²) in [5.41, 5.74) is 1.17. The molecular formula is C15H21NO2S. The molecule has 3 nitrogen and oxygen atoms in total. The summed E-state index contributed by atoms with van der Waals surface area (Å²) < 4.78 is 0. The minimum Gasteiger partial charge on any atom is -0.478 e. The van der Waals surface area contributed by atoms with Crippen molar-refractivity contribution in [1.82, 2.24) is 0 Å². The molecule has 2 N–H and O–H groups in total. The third-order valence-corrected chi connectivity index (χ3v) is 4.57. The fourth-order valence-corrected chi connectivity index (χ4v) is 3.19. The van der Waals surface area contributed by atoms with Crippen LogP contribution in [0.5, 0.6) is 0 Å². The Hall–Kier alpha value is -1.16. The molecule has 0 aliphatic heterocycles. The van der Waals surface area contributed by atoms with E-state index in [0.29, 0.717) is 5.56 Å². The molecule has 1 aliphatic carbocycles. The number of aromatic carboxylic acids is 1. The molecule has 1 saturated carbocycles. The predicted octanol–water partition coefficient (Wildman–Crippen LogP) is 4.10. The molecule has 1 aromatic carbocycles. The number of anilines is 1. The van der Waals surface area contributed by atoms with E-state index in [9.17, 15) is 9.90 Å². The number of nitrogens with one attached hydrogen (secondary N) is 1. The van der Waals surface area contributed by atoms with Gasteiger partial charge in [0.05, 0.1) is 5.56 Å². The Balaban J connectivity index is 2.04. The molecule has 0 heterocycles. The highest BCUT2D eigenvalue weighted by Gasteiger charge is 2.18. The third kappa shape index (κ3) is 3.66. The van der Waals surface area contributed by atoms with Gasteiger partial charge in [-0.05, 0) is 30.2 Å². The summed E-state index contributed by atoms with van der Waals surface area (Å²) in [5, 5.41) is 12.7. The van der Waals surface area contributed by atoms with Crippen molar-refractivity contribution < 1.29 is 9.90 Å². The van der Waals surface area contributed by atoms with Crippen molar-refractivity contribution in [3.8, 4) is 0 Å². The van der Waals surface area contributed by atoms with E-state index < -0.39 is 5.97 Å². The van der Waals surface area contributed by atoms with E-state index in [-0.39, 0.29) is 0 Å². The summed E-state index contributed by atoms with van der Waals surface area (Å²) in [6.07, 6.45) is 5.16. The van der Waals surface area contributed by atoms with Crippen LogP contribution in [0.4, 0.5) is 5.69 Å². The first-order valence-electron chi connectivity index (χ1n) is 6.95. The lowest BCUT2D eigenvalue weighted by Crippen LogP contribution is -2.16. The SMILES string of the molecule is CCSc1cccc(NCCC2CCC2)c1C(=O)O.